The first-order chi connectivity index (χ1) is 34.4. The van der Waals surface area contributed by atoms with E-state index >= 15 is 0 Å². The maximum absolute atomic E-state index is 12.9. The Morgan fingerprint density at radius 2 is 1.36 bits per heavy atom. The predicted octanol–water partition coefficient (Wildman–Crippen LogP) is 10.00. The standard InChI is InChI=1S/C51H89N3O16P2/c1-4-5-6-7-8-9-10-12-16-19-22-25-28-32-42(55)33-30-35-47(57)68-43(38-65-46(56)34-29-26-23-20-17-14-11-13-15-18-21-24-27-31-41(2)3)39-66-71(61,62)70-72(63,64)67-40-44-48(58)49(59)50(69-44)54-37-36-45(52)53-51(54)60/h12,16,22,25,28,32,36-37,41-44,48-50,55,58-59H,4-11,13-15,17-21,23-24,26-27,29-31,33-35,38-40H2,1-3H3,(H,61,62)(H,63,64)(H2,52,53,60)/b16-12+,25-22+,32-28+/t42?,43-,44-,48-,49-,50-/m1/s1. The summed E-state index contributed by atoms with van der Waals surface area (Å²) in [4.78, 5) is 62.0. The number of rotatable bonds is 43. The van der Waals surface area contributed by atoms with Gasteiger partial charge in [0.25, 0.3) is 0 Å². The van der Waals surface area contributed by atoms with Gasteiger partial charge >= 0.3 is 33.3 Å². The maximum atomic E-state index is 12.9. The third kappa shape index (κ3) is 31.6. The molecule has 1 aliphatic heterocycles. The van der Waals surface area contributed by atoms with Crippen molar-refractivity contribution in [3.8, 4) is 0 Å². The number of anilines is 1. The largest absolute Gasteiger partial charge is 0.481 e. The predicted molar refractivity (Wildman–Crippen MR) is 276 cm³/mol. The number of hydrogen-bond acceptors (Lipinski definition) is 16. The molecular weight excluding hydrogens is 973 g/mol. The van der Waals surface area contributed by atoms with Crippen LogP contribution in [0.1, 0.15) is 194 Å². The molecule has 2 heterocycles. The lowest BCUT2D eigenvalue weighted by atomic mass is 10.0. The van der Waals surface area contributed by atoms with Gasteiger partial charge in [0.2, 0.25) is 0 Å². The summed E-state index contributed by atoms with van der Waals surface area (Å²) in [6.45, 7) is 4.29. The molecule has 8 atom stereocenters. The van der Waals surface area contributed by atoms with E-state index in [1.807, 2.05) is 12.2 Å². The lowest BCUT2D eigenvalue weighted by Gasteiger charge is -2.21. The Morgan fingerprint density at radius 1 is 0.764 bits per heavy atom. The molecule has 1 aliphatic rings. The molecule has 7 N–H and O–H groups in total. The molecule has 0 saturated carbocycles. The first kappa shape index (κ1) is 65.1. The molecule has 0 aromatic carbocycles. The van der Waals surface area contributed by atoms with Crippen molar-refractivity contribution in [1.82, 2.24) is 9.55 Å². The van der Waals surface area contributed by atoms with Crippen molar-refractivity contribution in [2.24, 2.45) is 5.92 Å². The lowest BCUT2D eigenvalue weighted by molar-refractivity contribution is -0.161. The molecule has 1 aromatic rings. The van der Waals surface area contributed by atoms with Gasteiger partial charge in [-0.25, -0.2) is 13.9 Å². The number of phosphoric acid groups is 2. The Balaban J connectivity index is 1.84. The number of aromatic nitrogens is 2. The van der Waals surface area contributed by atoms with Crippen LogP contribution in [0.5, 0.6) is 0 Å². The van der Waals surface area contributed by atoms with E-state index in [-0.39, 0.29) is 31.5 Å². The molecule has 21 heteroatoms. The Kier molecular flexibility index (Phi) is 34.8. The summed E-state index contributed by atoms with van der Waals surface area (Å²) < 4.78 is 56.7. The minimum absolute atomic E-state index is 0.0899. The van der Waals surface area contributed by atoms with Gasteiger partial charge in [0, 0.05) is 19.0 Å². The molecule has 0 bridgehead atoms. The average Bonchev–Trinajstić information content (AvgIpc) is 3.60. The van der Waals surface area contributed by atoms with Crippen LogP contribution >= 0.6 is 15.6 Å². The van der Waals surface area contributed by atoms with Gasteiger partial charge in [-0.15, -0.1) is 0 Å². The number of phosphoric ester groups is 2. The van der Waals surface area contributed by atoms with Crippen LogP contribution in [0.15, 0.2) is 53.5 Å². The maximum Gasteiger partial charge on any atom is 0.481 e. The molecular formula is C51H89N3O16P2. The zero-order valence-corrected chi connectivity index (χ0v) is 45.0. The van der Waals surface area contributed by atoms with Crippen LogP contribution < -0.4 is 11.4 Å². The van der Waals surface area contributed by atoms with Crippen LogP contribution in [-0.2, 0) is 46.3 Å². The molecule has 0 radical (unpaired) electrons. The van der Waals surface area contributed by atoms with E-state index in [4.69, 9.17) is 29.0 Å². The van der Waals surface area contributed by atoms with Crippen molar-refractivity contribution in [3.63, 3.8) is 0 Å². The van der Waals surface area contributed by atoms with Gasteiger partial charge in [0.05, 0.1) is 19.3 Å². The summed E-state index contributed by atoms with van der Waals surface area (Å²) in [6.07, 6.45) is 29.7. The fraction of sp³-hybridized carbons (Fsp3) is 0.765. The Hall–Kier alpha value is -3.06. The molecule has 0 aliphatic carbocycles. The molecule has 3 unspecified atom stereocenters. The highest BCUT2D eigenvalue weighted by Crippen LogP contribution is 2.60. The van der Waals surface area contributed by atoms with E-state index < -0.39 is 89.8 Å². The normalized spacial score (nSPS) is 19.8. The molecule has 1 saturated heterocycles. The highest BCUT2D eigenvalue weighted by atomic mass is 31.3. The van der Waals surface area contributed by atoms with E-state index in [2.05, 4.69) is 42.2 Å². The number of nitrogen functional groups attached to an aromatic ring is 1. The van der Waals surface area contributed by atoms with Gasteiger partial charge in [-0.1, -0.05) is 173 Å². The monoisotopic (exact) mass is 1060 g/mol. The molecule has 1 fully saturated rings. The summed E-state index contributed by atoms with van der Waals surface area (Å²) in [5, 5.41) is 31.3. The van der Waals surface area contributed by atoms with Crippen LogP contribution in [-0.4, -0.2) is 96.9 Å². The number of allylic oxidation sites excluding steroid dienone is 5. The topological polar surface area (TPSA) is 286 Å². The summed E-state index contributed by atoms with van der Waals surface area (Å²) >= 11 is 0. The van der Waals surface area contributed by atoms with Gasteiger partial charge in [0.1, 0.15) is 30.7 Å². The number of ether oxygens (including phenoxy) is 3. The molecule has 1 aromatic heterocycles. The third-order valence-electron chi connectivity index (χ3n) is 12.0. The van der Waals surface area contributed by atoms with Crippen molar-refractivity contribution in [3.05, 3.63) is 59.2 Å². The number of unbranched alkanes of at least 4 members (excludes halogenated alkanes) is 18. The second kappa shape index (κ2) is 38.5. The smallest absolute Gasteiger partial charge is 0.462 e. The highest BCUT2D eigenvalue weighted by Gasteiger charge is 2.46. The minimum atomic E-state index is -5.47. The van der Waals surface area contributed by atoms with Gasteiger partial charge in [0.15, 0.2) is 12.3 Å². The van der Waals surface area contributed by atoms with Crippen molar-refractivity contribution < 1.29 is 71.4 Å². The molecule has 72 heavy (non-hydrogen) atoms. The van der Waals surface area contributed by atoms with Crippen molar-refractivity contribution >= 4 is 33.4 Å². The lowest BCUT2D eigenvalue weighted by Crippen LogP contribution is -2.36. The van der Waals surface area contributed by atoms with E-state index in [1.54, 1.807) is 12.2 Å². The molecule has 2 rings (SSSR count). The Morgan fingerprint density at radius 3 is 2.00 bits per heavy atom. The first-order valence-corrected chi connectivity index (χ1v) is 29.5. The van der Waals surface area contributed by atoms with Gasteiger partial charge in [-0.05, 0) is 50.5 Å². The van der Waals surface area contributed by atoms with E-state index in [0.717, 1.165) is 55.2 Å². The van der Waals surface area contributed by atoms with Crippen LogP contribution in [0.25, 0.3) is 0 Å². The SMILES string of the molecule is CCCCCCCC/C=C/C/C=C/C=C/C(O)CCCC(=O)O[C@H](COC(=O)CCCCCCCCCCCCCCCC(C)C)COP(=O)(O)OP(=O)(O)OC[C@H]1O[C@@H](n2ccc(N)nc2=O)[C@H](O)[C@@H]1O. The number of hydrogen-bond donors (Lipinski definition) is 6. The van der Waals surface area contributed by atoms with Gasteiger partial charge in [-0.3, -0.25) is 23.2 Å². The molecule has 0 spiro atoms. The van der Waals surface area contributed by atoms with E-state index in [0.29, 0.717) is 6.42 Å². The summed E-state index contributed by atoms with van der Waals surface area (Å²) in [5.74, 6) is -0.716. The zero-order chi connectivity index (χ0) is 53.0. The van der Waals surface area contributed by atoms with Gasteiger partial charge in [-0.2, -0.15) is 9.29 Å². The zero-order valence-electron chi connectivity index (χ0n) is 43.3. The number of carbonyl (C=O) groups is 2. The van der Waals surface area contributed by atoms with E-state index in [9.17, 15) is 48.6 Å². The summed E-state index contributed by atoms with van der Waals surface area (Å²) in [6, 6.07) is 1.24. The second-order valence-corrected chi connectivity index (χ2v) is 22.1. The van der Waals surface area contributed by atoms with Crippen molar-refractivity contribution in [2.45, 2.75) is 224 Å². The van der Waals surface area contributed by atoms with Gasteiger partial charge < -0.3 is 45.1 Å². The molecule has 0 amide bonds. The Bertz CT molecular complexity index is 1880. The summed E-state index contributed by atoms with van der Waals surface area (Å²) in [7, 11) is -10.9. The number of esters is 2. The number of nitrogens with two attached hydrogens (primary N) is 1. The van der Waals surface area contributed by atoms with Crippen LogP contribution in [0.4, 0.5) is 5.82 Å². The second-order valence-electron chi connectivity index (χ2n) is 19.1. The average molecular weight is 1060 g/mol. The van der Waals surface area contributed by atoms with Crippen LogP contribution in [0, 0.1) is 5.92 Å². The van der Waals surface area contributed by atoms with Crippen molar-refractivity contribution in [2.75, 3.05) is 25.6 Å². The Labute approximate surface area is 428 Å². The highest BCUT2D eigenvalue weighted by molar-refractivity contribution is 7.61. The fourth-order valence-corrected chi connectivity index (χ4v) is 9.97. The number of nitrogens with zero attached hydrogens (tertiary/aromatic N) is 2. The molecule has 414 valence electrons. The minimum Gasteiger partial charge on any atom is -0.462 e. The quantitative estimate of drug-likeness (QED) is 0.0117. The molecule has 19 nitrogen and oxygen atoms in total. The van der Waals surface area contributed by atoms with Crippen LogP contribution in [0.3, 0.4) is 0 Å². The fourth-order valence-electron chi connectivity index (χ4n) is 7.86. The first-order valence-electron chi connectivity index (χ1n) is 26.5. The number of aliphatic hydroxyl groups is 3. The van der Waals surface area contributed by atoms with E-state index in [1.165, 1.54) is 102 Å². The third-order valence-corrected chi connectivity index (χ3v) is 14.6. The number of aliphatic hydroxyl groups excluding tert-OH is 3. The number of carbonyl (C=O) groups excluding carboxylic acids is 2. The van der Waals surface area contributed by atoms with Crippen molar-refractivity contribution in [1.29, 1.82) is 0 Å². The summed E-state index contributed by atoms with van der Waals surface area (Å²) in [5.41, 5.74) is 4.58. The van der Waals surface area contributed by atoms with Crippen LogP contribution in [0.2, 0.25) is 0 Å².